The first-order valence-corrected chi connectivity index (χ1v) is 12.7. The molecular formula is C28H22BrN3O3S. The smallest absolute Gasteiger partial charge is 0.267 e. The predicted molar refractivity (Wildman–Crippen MR) is 150 cm³/mol. The Labute approximate surface area is 220 Å². The summed E-state index contributed by atoms with van der Waals surface area (Å²) in [5.74, 6) is 0.947. The van der Waals surface area contributed by atoms with Gasteiger partial charge in [0.05, 0.1) is 25.6 Å². The minimum absolute atomic E-state index is 0.280. The number of fused-ring (bicyclic) bond motifs is 1. The molecule has 0 saturated carbocycles. The second kappa shape index (κ2) is 10.0. The summed E-state index contributed by atoms with van der Waals surface area (Å²) in [6.07, 6.45) is 0. The standard InChI is InChI=1S/C28H22BrN3O3S/c1-34-22-13-8-17(14-23(22)35-2)20-15-21(16-6-4-3-5-7-16)32-28-24(20)25(30)26(36-28)27(33)31-19-11-9-18(29)10-12-19/h3-15H,30H2,1-2H3,(H,31,33). The van der Waals surface area contributed by atoms with Gasteiger partial charge in [-0.1, -0.05) is 52.3 Å². The number of anilines is 2. The van der Waals surface area contributed by atoms with Crippen LogP contribution in [0.15, 0.2) is 83.3 Å². The van der Waals surface area contributed by atoms with Crippen LogP contribution in [0.5, 0.6) is 11.5 Å². The molecule has 0 atom stereocenters. The van der Waals surface area contributed by atoms with E-state index in [1.54, 1.807) is 14.2 Å². The monoisotopic (exact) mass is 559 g/mol. The third kappa shape index (κ3) is 4.53. The number of hydrogen-bond donors (Lipinski definition) is 2. The largest absolute Gasteiger partial charge is 0.493 e. The number of pyridine rings is 1. The average molecular weight is 560 g/mol. The average Bonchev–Trinajstić information content (AvgIpc) is 3.26. The highest BCUT2D eigenvalue weighted by molar-refractivity contribution is 9.10. The maximum Gasteiger partial charge on any atom is 0.267 e. The zero-order chi connectivity index (χ0) is 25.2. The molecule has 0 aliphatic carbocycles. The molecule has 8 heteroatoms. The van der Waals surface area contributed by atoms with Gasteiger partial charge in [-0.05, 0) is 53.6 Å². The summed E-state index contributed by atoms with van der Waals surface area (Å²) >= 11 is 4.69. The summed E-state index contributed by atoms with van der Waals surface area (Å²) in [7, 11) is 3.20. The number of halogens is 1. The SMILES string of the molecule is COc1ccc(-c2cc(-c3ccccc3)nc3sc(C(=O)Nc4ccc(Br)cc4)c(N)c23)cc1OC. The number of nitrogen functional groups attached to an aromatic ring is 1. The van der Waals surface area contributed by atoms with E-state index in [2.05, 4.69) is 21.2 Å². The van der Waals surface area contributed by atoms with Crippen molar-refractivity contribution in [1.29, 1.82) is 0 Å². The minimum Gasteiger partial charge on any atom is -0.493 e. The van der Waals surface area contributed by atoms with Crippen molar-refractivity contribution in [3.8, 4) is 33.9 Å². The van der Waals surface area contributed by atoms with Gasteiger partial charge in [-0.25, -0.2) is 4.98 Å². The van der Waals surface area contributed by atoms with Crippen LogP contribution in [0.1, 0.15) is 9.67 Å². The molecule has 2 heterocycles. The van der Waals surface area contributed by atoms with Gasteiger partial charge >= 0.3 is 0 Å². The summed E-state index contributed by atoms with van der Waals surface area (Å²) in [5.41, 5.74) is 11.2. The summed E-state index contributed by atoms with van der Waals surface area (Å²) in [4.78, 5) is 19.2. The van der Waals surface area contributed by atoms with Gasteiger partial charge in [0.25, 0.3) is 5.91 Å². The lowest BCUT2D eigenvalue weighted by molar-refractivity contribution is 0.103. The van der Waals surface area contributed by atoms with E-state index in [-0.39, 0.29) is 5.91 Å². The normalized spacial score (nSPS) is 10.9. The molecule has 5 rings (SSSR count). The molecule has 1 amide bonds. The molecule has 0 saturated heterocycles. The topological polar surface area (TPSA) is 86.5 Å². The molecule has 0 aliphatic rings. The fraction of sp³-hybridized carbons (Fsp3) is 0.0714. The zero-order valence-electron chi connectivity index (χ0n) is 19.5. The second-order valence-corrected chi connectivity index (χ2v) is 9.89. The lowest BCUT2D eigenvalue weighted by Gasteiger charge is -2.12. The lowest BCUT2D eigenvalue weighted by Crippen LogP contribution is -2.11. The summed E-state index contributed by atoms with van der Waals surface area (Å²) in [6.45, 7) is 0. The highest BCUT2D eigenvalue weighted by Crippen LogP contribution is 2.43. The Balaban J connectivity index is 1.68. The highest BCUT2D eigenvalue weighted by atomic mass is 79.9. The number of benzene rings is 3. The molecule has 6 nitrogen and oxygen atoms in total. The van der Waals surface area contributed by atoms with E-state index >= 15 is 0 Å². The molecule has 0 radical (unpaired) electrons. The van der Waals surface area contributed by atoms with Crippen LogP contribution in [0.2, 0.25) is 0 Å². The van der Waals surface area contributed by atoms with Crippen LogP contribution in [-0.2, 0) is 0 Å². The van der Waals surface area contributed by atoms with E-state index in [4.69, 9.17) is 20.2 Å². The van der Waals surface area contributed by atoms with Gasteiger partial charge in [-0.15, -0.1) is 11.3 Å². The molecule has 0 unspecified atom stereocenters. The van der Waals surface area contributed by atoms with Gasteiger partial charge in [0, 0.05) is 21.1 Å². The minimum atomic E-state index is -0.280. The molecular weight excluding hydrogens is 538 g/mol. The van der Waals surface area contributed by atoms with E-state index in [1.165, 1.54) is 11.3 Å². The van der Waals surface area contributed by atoms with E-state index in [1.807, 2.05) is 78.9 Å². The van der Waals surface area contributed by atoms with Gasteiger partial charge in [-0.3, -0.25) is 4.79 Å². The number of nitrogens with two attached hydrogens (primary N) is 1. The molecule has 36 heavy (non-hydrogen) atoms. The molecule has 3 N–H and O–H groups in total. The molecule has 2 aromatic heterocycles. The van der Waals surface area contributed by atoms with Crippen LogP contribution in [0.4, 0.5) is 11.4 Å². The van der Waals surface area contributed by atoms with Crippen molar-refractivity contribution < 1.29 is 14.3 Å². The molecule has 180 valence electrons. The van der Waals surface area contributed by atoms with Crippen LogP contribution in [0.3, 0.4) is 0 Å². The van der Waals surface area contributed by atoms with Crippen molar-refractivity contribution in [2.24, 2.45) is 0 Å². The van der Waals surface area contributed by atoms with Crippen molar-refractivity contribution in [3.63, 3.8) is 0 Å². The number of carbonyl (C=O) groups is 1. The van der Waals surface area contributed by atoms with Gasteiger partial charge in [0.1, 0.15) is 9.71 Å². The molecule has 0 spiro atoms. The number of aromatic nitrogens is 1. The third-order valence-electron chi connectivity index (χ3n) is 5.77. The first-order chi connectivity index (χ1) is 17.5. The maximum absolute atomic E-state index is 13.2. The van der Waals surface area contributed by atoms with Crippen molar-refractivity contribution in [2.45, 2.75) is 0 Å². The lowest BCUT2D eigenvalue weighted by atomic mass is 9.99. The number of carbonyl (C=O) groups excluding carboxylic acids is 1. The number of methoxy groups -OCH3 is 2. The Morgan fingerprint density at radius 3 is 2.33 bits per heavy atom. The molecule has 5 aromatic rings. The van der Waals surface area contributed by atoms with Crippen LogP contribution in [0.25, 0.3) is 32.6 Å². The van der Waals surface area contributed by atoms with Crippen LogP contribution in [0, 0.1) is 0 Å². The van der Waals surface area contributed by atoms with Gasteiger partial charge in [0.15, 0.2) is 11.5 Å². The van der Waals surface area contributed by atoms with E-state index in [0.717, 1.165) is 32.2 Å². The fourth-order valence-electron chi connectivity index (χ4n) is 4.00. The zero-order valence-corrected chi connectivity index (χ0v) is 21.9. The fourth-order valence-corrected chi connectivity index (χ4v) is 5.28. The summed E-state index contributed by atoms with van der Waals surface area (Å²) in [6, 6.07) is 25.0. The number of amides is 1. The predicted octanol–water partition coefficient (Wildman–Crippen LogP) is 7.24. The van der Waals surface area contributed by atoms with E-state index in [0.29, 0.717) is 32.6 Å². The molecule has 0 bridgehead atoms. The van der Waals surface area contributed by atoms with Gasteiger partial charge < -0.3 is 20.5 Å². The Bertz CT molecular complexity index is 1570. The van der Waals surface area contributed by atoms with Crippen LogP contribution in [-0.4, -0.2) is 25.1 Å². The van der Waals surface area contributed by atoms with Gasteiger partial charge in [0.2, 0.25) is 0 Å². The molecule has 3 aromatic carbocycles. The number of ether oxygens (including phenoxy) is 2. The first kappa shape index (κ1) is 23.8. The van der Waals surface area contributed by atoms with E-state index < -0.39 is 0 Å². The van der Waals surface area contributed by atoms with E-state index in [9.17, 15) is 4.79 Å². The Morgan fingerprint density at radius 1 is 0.917 bits per heavy atom. The first-order valence-electron chi connectivity index (χ1n) is 11.1. The molecule has 0 aliphatic heterocycles. The van der Waals surface area contributed by atoms with Crippen molar-refractivity contribution in [2.75, 3.05) is 25.3 Å². The number of hydrogen-bond acceptors (Lipinski definition) is 6. The second-order valence-electron chi connectivity index (χ2n) is 7.98. The number of nitrogens with zero attached hydrogens (tertiary/aromatic N) is 1. The number of thiophene rings is 1. The van der Waals surface area contributed by atoms with Crippen molar-refractivity contribution in [1.82, 2.24) is 4.98 Å². The maximum atomic E-state index is 13.2. The number of nitrogens with one attached hydrogen (secondary N) is 1. The van der Waals surface area contributed by atoms with Crippen LogP contribution < -0.4 is 20.5 Å². The Hall–Kier alpha value is -3.88. The highest BCUT2D eigenvalue weighted by Gasteiger charge is 2.22. The Kier molecular flexibility index (Phi) is 6.63. The quantitative estimate of drug-likeness (QED) is 0.229. The number of rotatable bonds is 6. The van der Waals surface area contributed by atoms with Gasteiger partial charge in [-0.2, -0.15) is 0 Å². The third-order valence-corrected chi connectivity index (χ3v) is 7.40. The van der Waals surface area contributed by atoms with Crippen molar-refractivity contribution >= 4 is 54.8 Å². The summed E-state index contributed by atoms with van der Waals surface area (Å²) < 4.78 is 11.9. The summed E-state index contributed by atoms with van der Waals surface area (Å²) in [5, 5.41) is 3.66. The van der Waals surface area contributed by atoms with Crippen LogP contribution >= 0.6 is 27.3 Å². The Morgan fingerprint density at radius 2 is 1.64 bits per heavy atom. The van der Waals surface area contributed by atoms with Crippen molar-refractivity contribution in [3.05, 3.63) is 88.2 Å². The molecule has 0 fully saturated rings.